The maximum Gasteiger partial charge on any atom is 0.109 e. The summed E-state index contributed by atoms with van der Waals surface area (Å²) in [4.78, 5) is 0. The van der Waals surface area contributed by atoms with E-state index in [0.717, 1.165) is 6.61 Å². The van der Waals surface area contributed by atoms with Gasteiger partial charge in [-0.1, -0.05) is 0 Å². The van der Waals surface area contributed by atoms with Crippen molar-refractivity contribution in [2.75, 3.05) is 6.61 Å². The number of hydrogen-bond acceptors (Lipinski definition) is 1. The molecule has 0 N–H and O–H groups in total. The summed E-state index contributed by atoms with van der Waals surface area (Å²) >= 11 is 0. The van der Waals surface area contributed by atoms with Gasteiger partial charge in [0.15, 0.2) is 0 Å². The Balaban J connectivity index is 2.05. The van der Waals surface area contributed by atoms with Crippen molar-refractivity contribution in [2.24, 2.45) is 5.92 Å². The van der Waals surface area contributed by atoms with Crippen molar-refractivity contribution in [3.05, 3.63) is 0 Å². The maximum absolute atomic E-state index is 12.9. The van der Waals surface area contributed by atoms with Gasteiger partial charge in [0.05, 0.1) is 6.10 Å². The average molecular weight is 160 g/mol. The first-order chi connectivity index (χ1) is 4.99. The molecule has 0 unspecified atom stereocenters. The van der Waals surface area contributed by atoms with Crippen LogP contribution in [0.25, 0.3) is 0 Å². The smallest absolute Gasteiger partial charge is 0.109 e. The van der Waals surface area contributed by atoms with Crippen LogP contribution in [0.4, 0.5) is 4.39 Å². The van der Waals surface area contributed by atoms with Crippen molar-refractivity contribution in [3.63, 3.8) is 0 Å². The first-order valence-corrected chi connectivity index (χ1v) is 4.30. The van der Waals surface area contributed by atoms with Crippen LogP contribution in [0.5, 0.6) is 0 Å². The van der Waals surface area contributed by atoms with Gasteiger partial charge in [0, 0.05) is 6.61 Å². The Morgan fingerprint density at radius 2 is 2.09 bits per heavy atom. The molecule has 1 aliphatic rings. The lowest BCUT2D eigenvalue weighted by Gasteiger charge is -2.38. The van der Waals surface area contributed by atoms with E-state index in [9.17, 15) is 4.39 Å². The summed E-state index contributed by atoms with van der Waals surface area (Å²) < 4.78 is 18.3. The van der Waals surface area contributed by atoms with Crippen molar-refractivity contribution in [2.45, 2.75) is 45.4 Å². The van der Waals surface area contributed by atoms with Gasteiger partial charge in [0.1, 0.15) is 5.67 Å². The highest BCUT2D eigenvalue weighted by Gasteiger charge is 2.40. The minimum Gasteiger partial charge on any atom is -0.379 e. The molecule has 11 heavy (non-hydrogen) atoms. The second-order valence-corrected chi connectivity index (χ2v) is 4.07. The lowest BCUT2D eigenvalue weighted by atomic mass is 9.74. The van der Waals surface area contributed by atoms with Crippen LogP contribution in [0.15, 0.2) is 0 Å². The molecule has 1 aliphatic carbocycles. The van der Waals surface area contributed by atoms with Crippen LogP contribution >= 0.6 is 0 Å². The summed E-state index contributed by atoms with van der Waals surface area (Å²) in [6, 6.07) is 0. The second kappa shape index (κ2) is 3.10. The summed E-state index contributed by atoms with van der Waals surface area (Å²) in [6.45, 7) is 6.41. The Morgan fingerprint density at radius 3 is 2.45 bits per heavy atom. The van der Waals surface area contributed by atoms with Crippen LogP contribution in [-0.4, -0.2) is 18.4 Å². The Labute approximate surface area is 67.9 Å². The molecule has 0 radical (unpaired) electrons. The Hall–Kier alpha value is -0.110. The zero-order chi connectivity index (χ0) is 8.48. The summed E-state index contributed by atoms with van der Waals surface area (Å²) in [5, 5.41) is 0. The van der Waals surface area contributed by atoms with Gasteiger partial charge in [-0.25, -0.2) is 4.39 Å². The number of halogens is 1. The Kier molecular flexibility index (Phi) is 2.53. The van der Waals surface area contributed by atoms with Gasteiger partial charge >= 0.3 is 0 Å². The summed E-state index contributed by atoms with van der Waals surface area (Å²) in [5.41, 5.74) is -0.898. The average Bonchev–Trinajstić information content (AvgIpc) is 1.78. The molecular formula is C9H17FO. The van der Waals surface area contributed by atoms with Gasteiger partial charge in [0.25, 0.3) is 0 Å². The fourth-order valence-corrected chi connectivity index (χ4v) is 1.59. The van der Waals surface area contributed by atoms with E-state index in [1.165, 1.54) is 0 Å². The topological polar surface area (TPSA) is 9.23 Å². The molecular weight excluding hydrogens is 143 g/mol. The van der Waals surface area contributed by atoms with Crippen LogP contribution in [0.1, 0.15) is 33.6 Å². The molecule has 1 fully saturated rings. The third-order valence-electron chi connectivity index (χ3n) is 2.09. The van der Waals surface area contributed by atoms with Crippen LogP contribution < -0.4 is 0 Å². The predicted octanol–water partition coefficient (Wildman–Crippen LogP) is 2.55. The molecule has 0 saturated heterocycles. The monoisotopic (exact) mass is 160 g/mol. The number of hydrogen-bond donors (Lipinski definition) is 0. The molecule has 0 aromatic rings. The normalized spacial score (nSPS) is 37.4. The minimum absolute atomic E-state index is 0.279. The predicted molar refractivity (Wildman–Crippen MR) is 43.3 cm³/mol. The number of alkyl halides is 1. The van der Waals surface area contributed by atoms with Crippen molar-refractivity contribution in [1.82, 2.24) is 0 Å². The molecule has 0 spiro atoms. The van der Waals surface area contributed by atoms with Crippen molar-refractivity contribution in [1.29, 1.82) is 0 Å². The first-order valence-electron chi connectivity index (χ1n) is 4.30. The molecule has 0 aromatic heterocycles. The molecule has 2 heteroatoms. The van der Waals surface area contributed by atoms with E-state index >= 15 is 0 Å². The number of ether oxygens (including phenoxy) is 1. The third kappa shape index (κ3) is 2.78. The molecule has 0 bridgehead atoms. The van der Waals surface area contributed by atoms with Crippen molar-refractivity contribution < 1.29 is 9.13 Å². The van der Waals surface area contributed by atoms with Gasteiger partial charge in [-0.3, -0.25) is 0 Å². The molecule has 0 heterocycles. The highest BCUT2D eigenvalue weighted by atomic mass is 19.1. The lowest BCUT2D eigenvalue weighted by molar-refractivity contribution is -0.0411. The van der Waals surface area contributed by atoms with Crippen LogP contribution in [0, 0.1) is 5.92 Å². The lowest BCUT2D eigenvalue weighted by Crippen LogP contribution is -2.39. The highest BCUT2D eigenvalue weighted by Crippen LogP contribution is 2.40. The molecule has 1 saturated carbocycles. The molecule has 1 rings (SSSR count). The fraction of sp³-hybridized carbons (Fsp3) is 1.00. The van der Waals surface area contributed by atoms with Gasteiger partial charge in [0.2, 0.25) is 0 Å². The van der Waals surface area contributed by atoms with Crippen molar-refractivity contribution >= 4 is 0 Å². The summed E-state index contributed by atoms with van der Waals surface area (Å²) in [6.07, 6.45) is 1.64. The van der Waals surface area contributed by atoms with Crippen LogP contribution in [0.3, 0.4) is 0 Å². The fourth-order valence-electron chi connectivity index (χ4n) is 1.59. The van der Waals surface area contributed by atoms with E-state index in [-0.39, 0.29) is 6.10 Å². The zero-order valence-corrected chi connectivity index (χ0v) is 7.56. The largest absolute Gasteiger partial charge is 0.379 e. The second-order valence-electron chi connectivity index (χ2n) is 4.07. The van der Waals surface area contributed by atoms with Gasteiger partial charge in [-0.05, 0) is 39.5 Å². The Bertz CT molecular complexity index is 124. The number of rotatable bonds is 3. The highest BCUT2D eigenvalue weighted by molar-refractivity contribution is 4.90. The van der Waals surface area contributed by atoms with Gasteiger partial charge in [-0.2, -0.15) is 0 Å². The molecule has 0 atom stereocenters. The van der Waals surface area contributed by atoms with Gasteiger partial charge in [-0.15, -0.1) is 0 Å². The van der Waals surface area contributed by atoms with Crippen molar-refractivity contribution in [3.8, 4) is 0 Å². The Morgan fingerprint density at radius 1 is 1.55 bits per heavy atom. The third-order valence-corrected chi connectivity index (χ3v) is 2.09. The van der Waals surface area contributed by atoms with E-state index in [4.69, 9.17) is 4.74 Å². The summed E-state index contributed by atoms with van der Waals surface area (Å²) in [5.74, 6) is 0.465. The standard InChI is InChI=1S/C9H17FO/c1-7(2)11-6-8-4-9(3,10)5-8/h7-8H,4-6H2,1-3H3. The minimum atomic E-state index is -0.898. The van der Waals surface area contributed by atoms with Crippen LogP contribution in [-0.2, 0) is 4.74 Å². The van der Waals surface area contributed by atoms with E-state index in [1.54, 1.807) is 6.92 Å². The molecule has 1 nitrogen and oxygen atoms in total. The summed E-state index contributed by atoms with van der Waals surface area (Å²) in [7, 11) is 0. The molecule has 0 aromatic carbocycles. The van der Waals surface area contributed by atoms with E-state index in [0.29, 0.717) is 18.8 Å². The zero-order valence-electron chi connectivity index (χ0n) is 7.56. The molecule has 0 amide bonds. The van der Waals surface area contributed by atoms with Gasteiger partial charge < -0.3 is 4.74 Å². The maximum atomic E-state index is 12.9. The van der Waals surface area contributed by atoms with E-state index in [1.807, 2.05) is 13.8 Å². The quantitative estimate of drug-likeness (QED) is 0.616. The van der Waals surface area contributed by atoms with E-state index in [2.05, 4.69) is 0 Å². The van der Waals surface area contributed by atoms with E-state index < -0.39 is 5.67 Å². The first kappa shape index (κ1) is 8.98. The molecule has 0 aliphatic heterocycles. The van der Waals surface area contributed by atoms with Crippen LogP contribution in [0.2, 0.25) is 0 Å². The SMILES string of the molecule is CC(C)OCC1CC(C)(F)C1. The molecule has 66 valence electrons.